The molecule has 4 nitrogen and oxygen atoms in total. The molecule has 0 aliphatic rings. The van der Waals surface area contributed by atoms with Crippen LogP contribution in [0.1, 0.15) is 12.3 Å². The van der Waals surface area contributed by atoms with Crippen molar-refractivity contribution in [2.24, 2.45) is 0 Å². The molecule has 16 heavy (non-hydrogen) atoms. The molecule has 0 fully saturated rings. The Bertz CT molecular complexity index is 475. The number of hydrogen-bond donors (Lipinski definition) is 0. The number of pyridine rings is 1. The van der Waals surface area contributed by atoms with Gasteiger partial charge in [0, 0.05) is 23.0 Å². The first kappa shape index (κ1) is 11.5. The van der Waals surface area contributed by atoms with Crippen LogP contribution in [0.5, 0.6) is 0 Å². The molecule has 0 aliphatic heterocycles. The van der Waals surface area contributed by atoms with Gasteiger partial charge in [-0.3, -0.25) is 0 Å². The van der Waals surface area contributed by atoms with Gasteiger partial charge < -0.3 is 4.42 Å². The third kappa shape index (κ3) is 2.59. The summed E-state index contributed by atoms with van der Waals surface area (Å²) in [7, 11) is 0. The summed E-state index contributed by atoms with van der Waals surface area (Å²) in [6, 6.07) is 3.71. The van der Waals surface area contributed by atoms with Crippen molar-refractivity contribution in [3.8, 4) is 11.6 Å². The van der Waals surface area contributed by atoms with E-state index in [0.717, 1.165) is 10.9 Å². The van der Waals surface area contributed by atoms with Crippen LogP contribution < -0.4 is 0 Å². The van der Waals surface area contributed by atoms with Crippen LogP contribution in [-0.4, -0.2) is 21.1 Å². The average molecular weight is 303 g/mol. The van der Waals surface area contributed by atoms with E-state index in [0.29, 0.717) is 29.8 Å². The summed E-state index contributed by atoms with van der Waals surface area (Å²) in [5.41, 5.74) is 0.659. The summed E-state index contributed by atoms with van der Waals surface area (Å²) in [4.78, 5) is 4.17. The summed E-state index contributed by atoms with van der Waals surface area (Å²) in [6.45, 7) is 0. The number of nitrogens with zero attached hydrogens (tertiary/aromatic N) is 3. The highest BCUT2D eigenvalue weighted by Gasteiger charge is 2.12. The lowest BCUT2D eigenvalue weighted by Gasteiger charge is -1.95. The lowest BCUT2D eigenvalue weighted by Crippen LogP contribution is -1.85. The fourth-order valence-electron chi connectivity index (χ4n) is 1.21. The van der Waals surface area contributed by atoms with Crippen molar-refractivity contribution in [1.82, 2.24) is 15.2 Å². The number of hydrogen-bond acceptors (Lipinski definition) is 4. The van der Waals surface area contributed by atoms with E-state index >= 15 is 0 Å². The highest BCUT2D eigenvalue weighted by molar-refractivity contribution is 9.10. The molecule has 84 valence electrons. The molecule has 0 aromatic carbocycles. The molecule has 0 saturated heterocycles. The van der Waals surface area contributed by atoms with Crippen molar-refractivity contribution in [3.05, 3.63) is 28.7 Å². The SMILES string of the molecule is ClCCCc1nnc(-c2ncccc2Br)o1. The predicted molar refractivity (Wildman–Crippen MR) is 64.3 cm³/mol. The summed E-state index contributed by atoms with van der Waals surface area (Å²) < 4.78 is 6.31. The lowest BCUT2D eigenvalue weighted by molar-refractivity contribution is 0.501. The zero-order valence-corrected chi connectivity index (χ0v) is 10.7. The van der Waals surface area contributed by atoms with Crippen LogP contribution in [0.25, 0.3) is 11.6 Å². The van der Waals surface area contributed by atoms with Crippen LogP contribution in [0.3, 0.4) is 0 Å². The molecule has 6 heteroatoms. The quantitative estimate of drug-likeness (QED) is 0.815. The maximum Gasteiger partial charge on any atom is 0.267 e. The first-order valence-corrected chi connectivity index (χ1v) is 6.13. The summed E-state index contributed by atoms with van der Waals surface area (Å²) in [5, 5.41) is 7.88. The van der Waals surface area contributed by atoms with Crippen LogP contribution >= 0.6 is 27.5 Å². The van der Waals surface area contributed by atoms with Gasteiger partial charge in [0.1, 0.15) is 5.69 Å². The second-order valence-electron chi connectivity index (χ2n) is 3.13. The van der Waals surface area contributed by atoms with Crippen molar-refractivity contribution in [2.75, 3.05) is 5.88 Å². The minimum absolute atomic E-state index is 0.428. The second-order valence-corrected chi connectivity index (χ2v) is 4.36. The Balaban J connectivity index is 2.22. The van der Waals surface area contributed by atoms with Crippen LogP contribution in [-0.2, 0) is 6.42 Å². The molecular formula is C10H9BrClN3O. The Morgan fingerprint density at radius 1 is 1.38 bits per heavy atom. The van der Waals surface area contributed by atoms with E-state index in [1.54, 1.807) is 6.20 Å². The zero-order chi connectivity index (χ0) is 11.4. The van der Waals surface area contributed by atoms with Crippen molar-refractivity contribution in [3.63, 3.8) is 0 Å². The largest absolute Gasteiger partial charge is 0.419 e. The normalized spacial score (nSPS) is 10.6. The smallest absolute Gasteiger partial charge is 0.267 e. The molecule has 0 amide bonds. The Hall–Kier alpha value is -0.940. The molecule has 0 bridgehead atoms. The van der Waals surface area contributed by atoms with E-state index in [1.807, 2.05) is 12.1 Å². The maximum atomic E-state index is 5.59. The third-order valence-corrected chi connectivity index (χ3v) is 2.86. The number of halogens is 2. The molecule has 0 spiro atoms. The molecule has 0 atom stereocenters. The molecule has 2 rings (SSSR count). The molecule has 0 unspecified atom stereocenters. The molecule has 0 saturated carbocycles. The van der Waals surface area contributed by atoms with Gasteiger partial charge >= 0.3 is 0 Å². The first-order valence-electron chi connectivity index (χ1n) is 4.80. The fourth-order valence-corrected chi connectivity index (χ4v) is 1.77. The van der Waals surface area contributed by atoms with Gasteiger partial charge in [0.15, 0.2) is 0 Å². The summed E-state index contributed by atoms with van der Waals surface area (Å²) >= 11 is 8.97. The second kappa shape index (κ2) is 5.41. The number of alkyl halides is 1. The van der Waals surface area contributed by atoms with Crippen molar-refractivity contribution < 1.29 is 4.42 Å². The molecule has 0 aliphatic carbocycles. The highest BCUT2D eigenvalue weighted by Crippen LogP contribution is 2.24. The highest BCUT2D eigenvalue weighted by atomic mass is 79.9. The van der Waals surface area contributed by atoms with E-state index < -0.39 is 0 Å². The van der Waals surface area contributed by atoms with E-state index in [2.05, 4.69) is 31.1 Å². The monoisotopic (exact) mass is 301 g/mol. The van der Waals surface area contributed by atoms with Crippen LogP contribution in [0, 0.1) is 0 Å². The van der Waals surface area contributed by atoms with Crippen LogP contribution in [0.15, 0.2) is 27.2 Å². The van der Waals surface area contributed by atoms with Gasteiger partial charge in [0.2, 0.25) is 5.89 Å². The lowest BCUT2D eigenvalue weighted by atomic mass is 10.3. The fraction of sp³-hybridized carbons (Fsp3) is 0.300. The van der Waals surface area contributed by atoms with Gasteiger partial charge in [-0.2, -0.15) is 0 Å². The molecule has 2 aromatic heterocycles. The van der Waals surface area contributed by atoms with Crippen molar-refractivity contribution in [1.29, 1.82) is 0 Å². The zero-order valence-electron chi connectivity index (χ0n) is 8.36. The van der Waals surface area contributed by atoms with E-state index in [1.165, 1.54) is 0 Å². The Morgan fingerprint density at radius 2 is 2.25 bits per heavy atom. The summed E-state index contributed by atoms with van der Waals surface area (Å²) in [5.74, 6) is 1.61. The standard InChI is InChI=1S/C10H9BrClN3O/c11-7-3-2-6-13-9(7)10-15-14-8(16-10)4-1-5-12/h2-3,6H,1,4-5H2. The number of rotatable bonds is 4. The van der Waals surface area contributed by atoms with E-state index in [-0.39, 0.29) is 0 Å². The Morgan fingerprint density at radius 3 is 3.00 bits per heavy atom. The molecule has 2 heterocycles. The van der Waals surface area contributed by atoms with E-state index in [9.17, 15) is 0 Å². The minimum Gasteiger partial charge on any atom is -0.419 e. The molecule has 0 radical (unpaired) electrons. The van der Waals surface area contributed by atoms with Crippen molar-refractivity contribution in [2.45, 2.75) is 12.8 Å². The predicted octanol–water partition coefficient (Wildman–Crippen LogP) is 3.07. The van der Waals surface area contributed by atoms with Gasteiger partial charge in [-0.1, -0.05) is 0 Å². The summed E-state index contributed by atoms with van der Waals surface area (Å²) in [6.07, 6.45) is 3.20. The van der Waals surface area contributed by atoms with Crippen LogP contribution in [0.4, 0.5) is 0 Å². The Kier molecular flexibility index (Phi) is 3.90. The topological polar surface area (TPSA) is 51.8 Å². The van der Waals surface area contributed by atoms with Gasteiger partial charge in [0.25, 0.3) is 5.89 Å². The van der Waals surface area contributed by atoms with Gasteiger partial charge in [-0.05, 0) is 34.5 Å². The van der Waals surface area contributed by atoms with Crippen molar-refractivity contribution >= 4 is 27.5 Å². The number of aryl methyl sites for hydroxylation is 1. The molecule has 0 N–H and O–H groups in total. The van der Waals surface area contributed by atoms with E-state index in [4.69, 9.17) is 16.0 Å². The molecule has 2 aromatic rings. The number of aromatic nitrogens is 3. The third-order valence-electron chi connectivity index (χ3n) is 1.95. The molecular weight excluding hydrogens is 293 g/mol. The average Bonchev–Trinajstić information content (AvgIpc) is 2.75. The van der Waals surface area contributed by atoms with Gasteiger partial charge in [0.05, 0.1) is 0 Å². The van der Waals surface area contributed by atoms with Gasteiger partial charge in [-0.15, -0.1) is 21.8 Å². The Labute approximate surface area is 106 Å². The maximum absolute atomic E-state index is 5.59. The first-order chi connectivity index (χ1) is 7.81. The minimum atomic E-state index is 0.428. The van der Waals surface area contributed by atoms with Gasteiger partial charge in [-0.25, -0.2) is 4.98 Å². The van der Waals surface area contributed by atoms with Crippen LogP contribution in [0.2, 0.25) is 0 Å².